The van der Waals surface area contributed by atoms with Gasteiger partial charge in [-0.15, -0.1) is 24.0 Å². The summed E-state index contributed by atoms with van der Waals surface area (Å²) >= 11 is 5.98. The Morgan fingerprint density at radius 2 is 1.79 bits per heavy atom. The van der Waals surface area contributed by atoms with Crippen LogP contribution < -0.4 is 16.0 Å². The summed E-state index contributed by atoms with van der Waals surface area (Å²) in [6.45, 7) is 2.47. The molecule has 0 saturated heterocycles. The second-order valence-electron chi connectivity index (χ2n) is 5.13. The number of para-hydroxylation sites is 1. The first-order valence-electron chi connectivity index (χ1n) is 7.76. The van der Waals surface area contributed by atoms with E-state index < -0.39 is 0 Å². The van der Waals surface area contributed by atoms with Crippen LogP contribution in [0.1, 0.15) is 12.0 Å². The molecular formula is C18H24ClIN4. The van der Waals surface area contributed by atoms with Crippen molar-refractivity contribution in [3.05, 3.63) is 65.2 Å². The van der Waals surface area contributed by atoms with Gasteiger partial charge >= 0.3 is 0 Å². The number of benzene rings is 2. The van der Waals surface area contributed by atoms with E-state index in [0.717, 1.165) is 41.7 Å². The predicted octanol–water partition coefficient (Wildman–Crippen LogP) is 4.13. The van der Waals surface area contributed by atoms with Crippen molar-refractivity contribution in [3.63, 3.8) is 0 Å². The van der Waals surface area contributed by atoms with Crippen LogP contribution in [0.15, 0.2) is 59.6 Å². The Morgan fingerprint density at radius 1 is 1.00 bits per heavy atom. The van der Waals surface area contributed by atoms with E-state index in [9.17, 15) is 0 Å². The summed E-state index contributed by atoms with van der Waals surface area (Å²) in [5.74, 6) is 0.796. The fourth-order valence-corrected chi connectivity index (χ4v) is 2.35. The zero-order valence-electron chi connectivity index (χ0n) is 13.8. The minimum Gasteiger partial charge on any atom is -0.385 e. The molecule has 2 aromatic carbocycles. The highest BCUT2D eigenvalue weighted by Crippen LogP contribution is 2.10. The van der Waals surface area contributed by atoms with Gasteiger partial charge in [-0.2, -0.15) is 0 Å². The van der Waals surface area contributed by atoms with E-state index in [-0.39, 0.29) is 24.0 Å². The maximum absolute atomic E-state index is 5.98. The van der Waals surface area contributed by atoms with E-state index >= 15 is 0 Å². The van der Waals surface area contributed by atoms with Gasteiger partial charge in [-0.1, -0.05) is 41.9 Å². The van der Waals surface area contributed by atoms with Crippen molar-refractivity contribution in [2.24, 2.45) is 4.99 Å². The number of aliphatic imine (C=N–C) groups is 1. The summed E-state index contributed by atoms with van der Waals surface area (Å²) in [5.41, 5.74) is 2.28. The van der Waals surface area contributed by atoms with Crippen molar-refractivity contribution < 1.29 is 0 Å². The monoisotopic (exact) mass is 458 g/mol. The van der Waals surface area contributed by atoms with Gasteiger partial charge in [0.05, 0.1) is 0 Å². The van der Waals surface area contributed by atoms with E-state index in [4.69, 9.17) is 11.6 Å². The van der Waals surface area contributed by atoms with Crippen LogP contribution in [-0.4, -0.2) is 26.1 Å². The zero-order chi connectivity index (χ0) is 16.3. The number of rotatable bonds is 7. The quantitative estimate of drug-likeness (QED) is 0.253. The van der Waals surface area contributed by atoms with E-state index in [1.54, 1.807) is 7.05 Å². The fraction of sp³-hybridized carbons (Fsp3) is 0.278. The van der Waals surface area contributed by atoms with Gasteiger partial charge in [0.15, 0.2) is 5.96 Å². The molecule has 0 fully saturated rings. The molecule has 0 aromatic heterocycles. The topological polar surface area (TPSA) is 48.5 Å². The van der Waals surface area contributed by atoms with Crippen LogP contribution >= 0.6 is 35.6 Å². The molecule has 0 unspecified atom stereocenters. The van der Waals surface area contributed by atoms with Crippen molar-refractivity contribution in [1.82, 2.24) is 10.6 Å². The number of hydrogen-bond acceptors (Lipinski definition) is 2. The lowest BCUT2D eigenvalue weighted by Crippen LogP contribution is -2.37. The lowest BCUT2D eigenvalue weighted by Gasteiger charge is -2.12. The van der Waals surface area contributed by atoms with Crippen LogP contribution in [0.4, 0.5) is 5.69 Å². The average Bonchev–Trinajstić information content (AvgIpc) is 2.58. The maximum Gasteiger partial charge on any atom is 0.191 e. The van der Waals surface area contributed by atoms with Crippen LogP contribution in [0, 0.1) is 0 Å². The Hall–Kier alpha value is -1.47. The summed E-state index contributed by atoms with van der Waals surface area (Å²) in [7, 11) is 1.77. The molecule has 24 heavy (non-hydrogen) atoms. The van der Waals surface area contributed by atoms with Crippen molar-refractivity contribution in [2.45, 2.75) is 13.0 Å². The highest BCUT2D eigenvalue weighted by molar-refractivity contribution is 14.0. The highest BCUT2D eigenvalue weighted by Gasteiger charge is 1.99. The number of hydrogen-bond donors (Lipinski definition) is 3. The molecule has 0 radical (unpaired) electrons. The van der Waals surface area contributed by atoms with E-state index in [2.05, 4.69) is 33.1 Å². The van der Waals surface area contributed by atoms with Gasteiger partial charge < -0.3 is 16.0 Å². The maximum atomic E-state index is 5.98. The van der Waals surface area contributed by atoms with Gasteiger partial charge in [-0.25, -0.2) is 0 Å². The largest absolute Gasteiger partial charge is 0.385 e. The Balaban J connectivity index is 0.00000288. The number of anilines is 1. The Bertz CT molecular complexity index is 619. The molecule has 0 heterocycles. The van der Waals surface area contributed by atoms with Crippen molar-refractivity contribution in [2.75, 3.05) is 25.5 Å². The molecule has 0 saturated carbocycles. The molecule has 2 rings (SSSR count). The number of nitrogens with one attached hydrogen (secondary N) is 3. The molecule has 2 aromatic rings. The van der Waals surface area contributed by atoms with E-state index in [0.29, 0.717) is 6.54 Å². The van der Waals surface area contributed by atoms with Crippen molar-refractivity contribution in [3.8, 4) is 0 Å². The van der Waals surface area contributed by atoms with Crippen molar-refractivity contribution in [1.29, 1.82) is 0 Å². The van der Waals surface area contributed by atoms with E-state index in [1.165, 1.54) is 0 Å². The predicted molar refractivity (Wildman–Crippen MR) is 115 cm³/mol. The molecule has 0 aliphatic heterocycles. The van der Waals surface area contributed by atoms with Gasteiger partial charge in [0.2, 0.25) is 0 Å². The number of halogens is 2. The zero-order valence-corrected chi connectivity index (χ0v) is 16.8. The Morgan fingerprint density at radius 3 is 2.50 bits per heavy atom. The van der Waals surface area contributed by atoms with Gasteiger partial charge in [0.25, 0.3) is 0 Å². The fourth-order valence-electron chi connectivity index (χ4n) is 2.14. The van der Waals surface area contributed by atoms with Crippen LogP contribution in [0.2, 0.25) is 5.02 Å². The van der Waals surface area contributed by atoms with Gasteiger partial charge in [0, 0.05) is 37.4 Å². The molecule has 4 nitrogen and oxygen atoms in total. The first-order valence-corrected chi connectivity index (χ1v) is 8.13. The first kappa shape index (κ1) is 20.6. The Labute approximate surface area is 166 Å². The van der Waals surface area contributed by atoms with Crippen LogP contribution in [0.3, 0.4) is 0 Å². The second-order valence-corrected chi connectivity index (χ2v) is 5.57. The summed E-state index contributed by atoms with van der Waals surface area (Å²) in [6, 6.07) is 18.0. The lowest BCUT2D eigenvalue weighted by molar-refractivity contribution is 0.762. The van der Waals surface area contributed by atoms with Crippen LogP contribution in [0.25, 0.3) is 0 Å². The second kappa shape index (κ2) is 12.0. The molecule has 130 valence electrons. The third-order valence-electron chi connectivity index (χ3n) is 3.32. The highest BCUT2D eigenvalue weighted by atomic mass is 127. The van der Waals surface area contributed by atoms with Gasteiger partial charge in [-0.3, -0.25) is 4.99 Å². The van der Waals surface area contributed by atoms with Gasteiger partial charge in [0.1, 0.15) is 0 Å². The normalized spacial score (nSPS) is 10.7. The third-order valence-corrected chi connectivity index (χ3v) is 3.56. The molecule has 6 heteroatoms. The number of nitrogens with zero attached hydrogens (tertiary/aromatic N) is 1. The summed E-state index contributed by atoms with van der Waals surface area (Å²) in [4.78, 5) is 4.22. The average molecular weight is 459 g/mol. The molecule has 0 bridgehead atoms. The molecule has 0 spiro atoms. The SMILES string of the molecule is CN=C(NCCCNc1ccccc1)NCc1cccc(Cl)c1.I. The van der Waals surface area contributed by atoms with Crippen LogP contribution in [-0.2, 0) is 6.54 Å². The first-order chi connectivity index (χ1) is 11.3. The van der Waals surface area contributed by atoms with E-state index in [1.807, 2.05) is 42.5 Å². The smallest absolute Gasteiger partial charge is 0.191 e. The van der Waals surface area contributed by atoms with Gasteiger partial charge in [-0.05, 0) is 36.2 Å². The summed E-state index contributed by atoms with van der Waals surface area (Å²) in [6.07, 6.45) is 1.01. The molecular weight excluding hydrogens is 435 g/mol. The molecule has 0 aliphatic carbocycles. The minimum absolute atomic E-state index is 0. The molecule has 0 aliphatic rings. The third kappa shape index (κ3) is 7.88. The number of guanidine groups is 1. The molecule has 0 amide bonds. The lowest BCUT2D eigenvalue weighted by atomic mass is 10.2. The molecule has 0 atom stereocenters. The standard InChI is InChI=1S/C18H23ClN4.HI/c1-20-18(23-14-15-7-5-8-16(19)13-15)22-12-6-11-21-17-9-3-2-4-10-17;/h2-5,7-10,13,21H,6,11-12,14H2,1H3,(H2,20,22,23);1H. The summed E-state index contributed by atoms with van der Waals surface area (Å²) in [5, 5.41) is 10.7. The van der Waals surface area contributed by atoms with Crippen LogP contribution in [0.5, 0.6) is 0 Å². The van der Waals surface area contributed by atoms with Crippen molar-refractivity contribution >= 4 is 47.2 Å². The summed E-state index contributed by atoms with van der Waals surface area (Å²) < 4.78 is 0. The minimum atomic E-state index is 0. The molecule has 3 N–H and O–H groups in total. The Kier molecular flexibility index (Phi) is 10.3.